The summed E-state index contributed by atoms with van der Waals surface area (Å²) >= 11 is 0. The monoisotopic (exact) mass is 361 g/mol. The van der Waals surface area contributed by atoms with Crippen LogP contribution in [0.3, 0.4) is 0 Å². The van der Waals surface area contributed by atoms with E-state index in [2.05, 4.69) is 19.2 Å². The smallest absolute Gasteiger partial charge is 0.209 e. The molecule has 0 unspecified atom stereocenters. The zero-order chi connectivity index (χ0) is 18.8. The van der Waals surface area contributed by atoms with E-state index in [4.69, 9.17) is 4.98 Å². The van der Waals surface area contributed by atoms with Crippen molar-refractivity contribution < 1.29 is 9.18 Å². The number of para-hydroxylation sites is 2. The molecule has 3 aromatic rings. The van der Waals surface area contributed by atoms with Gasteiger partial charge in [-0.15, -0.1) is 0 Å². The van der Waals surface area contributed by atoms with Gasteiger partial charge in [0.1, 0.15) is 5.82 Å². The summed E-state index contributed by atoms with van der Waals surface area (Å²) in [7, 11) is 0. The van der Waals surface area contributed by atoms with E-state index in [9.17, 15) is 9.18 Å². The molecule has 136 valence electrons. The number of ketones is 1. The molecule has 1 atom stereocenters. The summed E-state index contributed by atoms with van der Waals surface area (Å²) in [5.74, 6) is 0.517. The summed E-state index contributed by atoms with van der Waals surface area (Å²) in [5, 5.41) is 3.41. The Labute approximate surface area is 156 Å². The first-order valence-corrected chi connectivity index (χ1v) is 9.19. The molecule has 0 saturated carbocycles. The number of Topliss-reactive ketones (excluding diaryl/α,β-unsaturated/α-hetero) is 1. The number of carbonyl (C=O) groups is 1. The average Bonchev–Trinajstić information content (AvgIpc) is 2.96. The molecule has 0 spiro atoms. The van der Waals surface area contributed by atoms with Crippen LogP contribution in [-0.4, -0.2) is 15.3 Å². The molecule has 1 aliphatic heterocycles. The Morgan fingerprint density at radius 1 is 1.15 bits per heavy atom. The minimum Gasteiger partial charge on any atom is -0.329 e. The van der Waals surface area contributed by atoms with Crippen molar-refractivity contribution in [3.05, 3.63) is 71.2 Å². The number of fused-ring (bicyclic) bond motifs is 3. The molecule has 0 saturated heterocycles. The van der Waals surface area contributed by atoms with Crippen molar-refractivity contribution in [1.82, 2.24) is 9.55 Å². The van der Waals surface area contributed by atoms with Gasteiger partial charge >= 0.3 is 0 Å². The van der Waals surface area contributed by atoms with Crippen molar-refractivity contribution in [2.24, 2.45) is 5.41 Å². The highest BCUT2D eigenvalue weighted by Crippen LogP contribution is 2.47. The maximum atomic E-state index is 14.0. The Morgan fingerprint density at radius 2 is 1.96 bits per heavy atom. The molecule has 1 N–H and O–H groups in total. The maximum Gasteiger partial charge on any atom is 0.209 e. The van der Waals surface area contributed by atoms with Crippen LogP contribution in [0.1, 0.15) is 38.3 Å². The van der Waals surface area contributed by atoms with Crippen LogP contribution in [0.2, 0.25) is 0 Å². The Morgan fingerprint density at radius 3 is 2.78 bits per heavy atom. The first-order valence-electron chi connectivity index (χ1n) is 9.19. The van der Waals surface area contributed by atoms with Crippen LogP contribution in [0.4, 0.5) is 10.3 Å². The van der Waals surface area contributed by atoms with Crippen LogP contribution >= 0.6 is 0 Å². The number of rotatable bonds is 1. The fourth-order valence-corrected chi connectivity index (χ4v) is 4.41. The second-order valence-corrected chi connectivity index (χ2v) is 8.21. The van der Waals surface area contributed by atoms with Crippen molar-refractivity contribution in [3.63, 3.8) is 0 Å². The Bertz CT molecular complexity index is 1130. The van der Waals surface area contributed by atoms with E-state index in [0.29, 0.717) is 12.4 Å². The van der Waals surface area contributed by atoms with Crippen LogP contribution in [-0.2, 0) is 4.79 Å². The number of carbonyl (C=O) groups excluding carboxylic acids is 1. The van der Waals surface area contributed by atoms with Gasteiger partial charge in [0.05, 0.1) is 17.1 Å². The minimum absolute atomic E-state index is 0.108. The third-order valence-electron chi connectivity index (χ3n) is 5.47. The SMILES string of the molecule is CC1(C)CC(=O)C2=C(C1)Nc1nc3ccccc3n1[C@@H]2c1cccc(F)c1. The third-order valence-corrected chi connectivity index (χ3v) is 5.47. The standard InChI is InChI=1S/C22H20FN3O/c1-22(2)11-16-19(18(27)12-22)20(13-6-5-7-14(23)10-13)26-17-9-4-3-8-15(17)24-21(26)25-16/h3-10,20H,11-12H2,1-2H3,(H,24,25)/t20-/m1/s1. The van der Waals surface area contributed by atoms with Crippen molar-refractivity contribution >= 4 is 22.8 Å². The molecule has 0 bridgehead atoms. The molecule has 2 aromatic carbocycles. The Hall–Kier alpha value is -2.95. The predicted molar refractivity (Wildman–Crippen MR) is 103 cm³/mol. The number of aromatic nitrogens is 2. The Kier molecular flexibility index (Phi) is 3.32. The number of hydrogen-bond donors (Lipinski definition) is 1. The summed E-state index contributed by atoms with van der Waals surface area (Å²) in [6, 6.07) is 14.0. The Balaban J connectivity index is 1.80. The van der Waals surface area contributed by atoms with Gasteiger partial charge in [-0.1, -0.05) is 38.1 Å². The fourth-order valence-electron chi connectivity index (χ4n) is 4.41. The number of nitrogens with zero attached hydrogens (tertiary/aromatic N) is 2. The van der Waals surface area contributed by atoms with Crippen LogP contribution < -0.4 is 5.32 Å². The molecule has 27 heavy (non-hydrogen) atoms. The topological polar surface area (TPSA) is 46.9 Å². The second-order valence-electron chi connectivity index (χ2n) is 8.21. The maximum absolute atomic E-state index is 14.0. The zero-order valence-corrected chi connectivity index (χ0v) is 15.3. The zero-order valence-electron chi connectivity index (χ0n) is 15.3. The molecule has 5 rings (SSSR count). The molecule has 0 amide bonds. The lowest BCUT2D eigenvalue weighted by Crippen LogP contribution is -2.36. The van der Waals surface area contributed by atoms with Gasteiger partial charge in [0.25, 0.3) is 0 Å². The molecule has 1 aromatic heterocycles. The van der Waals surface area contributed by atoms with Gasteiger partial charge in [-0.05, 0) is 41.7 Å². The molecule has 0 radical (unpaired) electrons. The summed E-state index contributed by atoms with van der Waals surface area (Å²) in [6.07, 6.45) is 1.25. The molecule has 4 nitrogen and oxygen atoms in total. The second kappa shape index (κ2) is 5.52. The van der Waals surface area contributed by atoms with E-state index in [-0.39, 0.29) is 23.1 Å². The van der Waals surface area contributed by atoms with Gasteiger partial charge in [0.15, 0.2) is 5.78 Å². The first kappa shape index (κ1) is 16.2. The molecule has 0 fully saturated rings. The number of nitrogens with one attached hydrogen (secondary N) is 1. The van der Waals surface area contributed by atoms with Crippen LogP contribution in [0.15, 0.2) is 59.8 Å². The number of imidazole rings is 1. The quantitative estimate of drug-likeness (QED) is 0.675. The average molecular weight is 361 g/mol. The summed E-state index contributed by atoms with van der Waals surface area (Å²) < 4.78 is 16.1. The van der Waals surface area contributed by atoms with E-state index < -0.39 is 0 Å². The number of anilines is 1. The van der Waals surface area contributed by atoms with Gasteiger partial charge < -0.3 is 5.32 Å². The number of benzene rings is 2. The van der Waals surface area contributed by atoms with Gasteiger partial charge in [-0.2, -0.15) is 0 Å². The van der Waals surface area contributed by atoms with E-state index in [1.54, 1.807) is 6.07 Å². The van der Waals surface area contributed by atoms with Gasteiger partial charge in [-0.3, -0.25) is 9.36 Å². The van der Waals surface area contributed by atoms with Crippen molar-refractivity contribution in [2.75, 3.05) is 5.32 Å². The largest absolute Gasteiger partial charge is 0.329 e. The molecular formula is C22H20FN3O. The molecular weight excluding hydrogens is 341 g/mol. The number of halogens is 1. The number of allylic oxidation sites excluding steroid dienone is 2. The van der Waals surface area contributed by atoms with Crippen LogP contribution in [0, 0.1) is 11.2 Å². The minimum atomic E-state index is -0.372. The summed E-state index contributed by atoms with van der Waals surface area (Å²) in [4.78, 5) is 17.9. The van der Waals surface area contributed by atoms with Crippen molar-refractivity contribution in [3.8, 4) is 0 Å². The van der Waals surface area contributed by atoms with Gasteiger partial charge in [0.2, 0.25) is 5.95 Å². The van der Waals surface area contributed by atoms with E-state index in [0.717, 1.165) is 34.3 Å². The van der Waals surface area contributed by atoms with Crippen molar-refractivity contribution in [2.45, 2.75) is 32.7 Å². The molecule has 1 aliphatic carbocycles. The first-order chi connectivity index (χ1) is 12.9. The highest BCUT2D eigenvalue weighted by Gasteiger charge is 2.41. The van der Waals surface area contributed by atoms with Crippen LogP contribution in [0.25, 0.3) is 11.0 Å². The van der Waals surface area contributed by atoms with E-state index >= 15 is 0 Å². The fraction of sp³-hybridized carbons (Fsp3) is 0.273. The van der Waals surface area contributed by atoms with Gasteiger partial charge in [-0.25, -0.2) is 9.37 Å². The lowest BCUT2D eigenvalue weighted by atomic mass is 9.73. The highest BCUT2D eigenvalue weighted by molar-refractivity contribution is 6.00. The van der Waals surface area contributed by atoms with Crippen LogP contribution in [0.5, 0.6) is 0 Å². The predicted octanol–water partition coefficient (Wildman–Crippen LogP) is 4.83. The normalized spacial score (nSPS) is 21.0. The number of hydrogen-bond acceptors (Lipinski definition) is 3. The molecule has 5 heteroatoms. The van der Waals surface area contributed by atoms with Crippen molar-refractivity contribution in [1.29, 1.82) is 0 Å². The van der Waals surface area contributed by atoms with E-state index in [1.807, 2.05) is 34.9 Å². The lowest BCUT2D eigenvalue weighted by Gasteiger charge is -2.39. The van der Waals surface area contributed by atoms with Gasteiger partial charge in [0, 0.05) is 17.7 Å². The lowest BCUT2D eigenvalue weighted by molar-refractivity contribution is -0.118. The molecule has 2 heterocycles. The third kappa shape index (κ3) is 2.49. The molecule has 2 aliphatic rings. The summed E-state index contributed by atoms with van der Waals surface area (Å²) in [5.41, 5.74) is 4.08. The highest BCUT2D eigenvalue weighted by atomic mass is 19.1. The van der Waals surface area contributed by atoms with E-state index in [1.165, 1.54) is 12.1 Å². The summed E-state index contributed by atoms with van der Waals surface area (Å²) in [6.45, 7) is 4.20.